The molecule has 1 amide bonds. The third kappa shape index (κ3) is 5.16. The fraction of sp³-hybridized carbons (Fsp3) is 0.667. The van der Waals surface area contributed by atoms with E-state index in [0.29, 0.717) is 25.5 Å². The van der Waals surface area contributed by atoms with Gasteiger partial charge in [-0.2, -0.15) is 0 Å². The number of hydrogen-bond acceptors (Lipinski definition) is 4. The fourth-order valence-corrected chi connectivity index (χ4v) is 3.35. The number of piperidine rings is 1. The van der Waals surface area contributed by atoms with Crippen LogP contribution in [0, 0.1) is 17.2 Å². The van der Waals surface area contributed by atoms with Gasteiger partial charge in [-0.3, -0.25) is 4.79 Å². The smallest absolute Gasteiger partial charge is 0.223 e. The number of carbonyl (C=O) groups excluding carboxylic acids is 1. The summed E-state index contributed by atoms with van der Waals surface area (Å²) in [4.78, 5) is 20.6. The molecule has 0 aliphatic carbocycles. The molecule has 1 aromatic rings. The Balaban J connectivity index is 1.82. The first-order valence-electron chi connectivity index (χ1n) is 8.56. The molecule has 1 aliphatic rings. The van der Waals surface area contributed by atoms with Gasteiger partial charge in [0, 0.05) is 38.3 Å². The molecule has 1 N–H and O–H groups in total. The lowest BCUT2D eigenvalue weighted by molar-refractivity contribution is -0.126. The minimum atomic E-state index is -0.300. The highest BCUT2D eigenvalue weighted by Crippen LogP contribution is 2.24. The van der Waals surface area contributed by atoms with Crippen LogP contribution in [0.15, 0.2) is 18.3 Å². The molecule has 0 atom stereocenters. The van der Waals surface area contributed by atoms with E-state index in [1.807, 2.05) is 19.0 Å². The molecule has 2 rings (SSSR count). The monoisotopic (exact) mass is 336 g/mol. The molecule has 0 bridgehead atoms. The van der Waals surface area contributed by atoms with Gasteiger partial charge in [0.1, 0.15) is 0 Å². The van der Waals surface area contributed by atoms with Crippen LogP contribution in [0.5, 0.6) is 0 Å². The summed E-state index contributed by atoms with van der Waals surface area (Å²) in [5.41, 5.74) is 0.0386. The van der Waals surface area contributed by atoms with Crippen LogP contribution in [-0.2, 0) is 4.79 Å². The number of halogens is 1. The van der Waals surface area contributed by atoms with E-state index in [2.05, 4.69) is 29.0 Å². The van der Waals surface area contributed by atoms with Gasteiger partial charge < -0.3 is 15.1 Å². The number of amides is 1. The number of carbonyl (C=O) groups is 1. The van der Waals surface area contributed by atoms with E-state index in [0.717, 1.165) is 19.4 Å². The van der Waals surface area contributed by atoms with Crippen LogP contribution >= 0.6 is 0 Å². The number of nitrogens with zero attached hydrogens (tertiary/aromatic N) is 3. The van der Waals surface area contributed by atoms with E-state index >= 15 is 0 Å². The zero-order valence-corrected chi connectivity index (χ0v) is 15.2. The van der Waals surface area contributed by atoms with E-state index in [-0.39, 0.29) is 23.1 Å². The van der Waals surface area contributed by atoms with Gasteiger partial charge in [-0.05, 0) is 44.5 Å². The summed E-state index contributed by atoms with van der Waals surface area (Å²) in [5.74, 6) is 0.209. The normalized spacial score (nSPS) is 16.5. The van der Waals surface area contributed by atoms with Gasteiger partial charge in [0.15, 0.2) is 11.6 Å². The zero-order valence-electron chi connectivity index (χ0n) is 15.2. The molecular weight excluding hydrogens is 307 g/mol. The summed E-state index contributed by atoms with van der Waals surface area (Å²) in [6, 6.07) is 3.02. The number of anilines is 1. The van der Waals surface area contributed by atoms with Crippen molar-refractivity contribution >= 4 is 11.7 Å². The van der Waals surface area contributed by atoms with E-state index in [9.17, 15) is 9.18 Å². The summed E-state index contributed by atoms with van der Waals surface area (Å²) in [5, 5.41) is 3.09. The molecule has 134 valence electrons. The standard InChI is InChI=1S/C18H29FN4O/c1-18(2,13-22(3)4)12-21-17(24)14-7-10-23(11-8-14)16-15(19)6-5-9-20-16/h5-6,9,14H,7-8,10-13H2,1-4H3,(H,21,24). The molecule has 6 heteroatoms. The van der Waals surface area contributed by atoms with Crippen LogP contribution in [-0.4, -0.2) is 56.1 Å². The minimum absolute atomic E-state index is 0.00294. The highest BCUT2D eigenvalue weighted by atomic mass is 19.1. The summed E-state index contributed by atoms with van der Waals surface area (Å²) in [6.45, 7) is 7.21. The minimum Gasteiger partial charge on any atom is -0.355 e. The predicted molar refractivity (Wildman–Crippen MR) is 94.5 cm³/mol. The summed E-state index contributed by atoms with van der Waals surface area (Å²) in [7, 11) is 4.08. The van der Waals surface area contributed by atoms with Crippen LogP contribution in [0.25, 0.3) is 0 Å². The molecule has 0 spiro atoms. The maximum atomic E-state index is 13.8. The van der Waals surface area contributed by atoms with E-state index < -0.39 is 0 Å². The van der Waals surface area contributed by atoms with E-state index in [4.69, 9.17) is 0 Å². The van der Waals surface area contributed by atoms with Gasteiger partial charge >= 0.3 is 0 Å². The topological polar surface area (TPSA) is 48.5 Å². The van der Waals surface area contributed by atoms with Crippen molar-refractivity contribution in [2.24, 2.45) is 11.3 Å². The molecule has 0 radical (unpaired) electrons. The van der Waals surface area contributed by atoms with Crippen molar-refractivity contribution in [1.29, 1.82) is 0 Å². The number of aromatic nitrogens is 1. The molecule has 1 saturated heterocycles. The first-order valence-corrected chi connectivity index (χ1v) is 8.56. The van der Waals surface area contributed by atoms with Crippen LogP contribution in [0.1, 0.15) is 26.7 Å². The third-order valence-electron chi connectivity index (χ3n) is 4.39. The second kappa shape index (κ2) is 7.92. The molecule has 2 heterocycles. The molecule has 0 saturated carbocycles. The van der Waals surface area contributed by atoms with Crippen molar-refractivity contribution < 1.29 is 9.18 Å². The molecule has 24 heavy (non-hydrogen) atoms. The van der Waals surface area contributed by atoms with Crippen molar-refractivity contribution in [3.8, 4) is 0 Å². The Bertz CT molecular complexity index is 554. The van der Waals surface area contributed by atoms with Crippen LogP contribution in [0.3, 0.4) is 0 Å². The van der Waals surface area contributed by atoms with Crippen LogP contribution in [0.4, 0.5) is 10.2 Å². The van der Waals surface area contributed by atoms with E-state index in [1.165, 1.54) is 6.07 Å². The highest BCUT2D eigenvalue weighted by Gasteiger charge is 2.28. The van der Waals surface area contributed by atoms with E-state index in [1.54, 1.807) is 12.3 Å². The molecule has 1 aromatic heterocycles. The Labute approximate surface area is 144 Å². The Morgan fingerprint density at radius 2 is 2.08 bits per heavy atom. The van der Waals surface area contributed by atoms with Gasteiger partial charge in [-0.25, -0.2) is 9.37 Å². The predicted octanol–water partition coefficient (Wildman–Crippen LogP) is 2.14. The van der Waals surface area contributed by atoms with Crippen molar-refractivity contribution in [3.05, 3.63) is 24.1 Å². The number of pyridine rings is 1. The Morgan fingerprint density at radius 3 is 2.67 bits per heavy atom. The van der Waals surface area contributed by atoms with Crippen molar-refractivity contribution in [2.45, 2.75) is 26.7 Å². The van der Waals surface area contributed by atoms with Crippen LogP contribution < -0.4 is 10.2 Å². The maximum absolute atomic E-state index is 13.8. The average Bonchev–Trinajstić information content (AvgIpc) is 2.52. The number of rotatable bonds is 6. The fourth-order valence-electron chi connectivity index (χ4n) is 3.35. The first-order chi connectivity index (χ1) is 11.3. The SMILES string of the molecule is CN(C)CC(C)(C)CNC(=O)C1CCN(c2ncccc2F)CC1. The summed E-state index contributed by atoms with van der Waals surface area (Å²) in [6.07, 6.45) is 3.07. The van der Waals surface area contributed by atoms with Crippen LogP contribution in [0.2, 0.25) is 0 Å². The summed E-state index contributed by atoms with van der Waals surface area (Å²) < 4.78 is 13.8. The Kier molecular flexibility index (Phi) is 6.15. The molecule has 0 unspecified atom stereocenters. The molecule has 1 fully saturated rings. The van der Waals surface area contributed by atoms with Crippen molar-refractivity contribution in [2.75, 3.05) is 45.2 Å². The first kappa shape index (κ1) is 18.6. The summed E-state index contributed by atoms with van der Waals surface area (Å²) >= 11 is 0. The van der Waals surface area contributed by atoms with Gasteiger partial charge in [0.25, 0.3) is 0 Å². The van der Waals surface area contributed by atoms with Gasteiger partial charge in [-0.1, -0.05) is 13.8 Å². The zero-order chi connectivity index (χ0) is 17.7. The second-order valence-corrected chi connectivity index (χ2v) is 7.69. The molecule has 1 aliphatic heterocycles. The van der Waals surface area contributed by atoms with Gasteiger partial charge in [0.05, 0.1) is 0 Å². The second-order valence-electron chi connectivity index (χ2n) is 7.69. The highest BCUT2D eigenvalue weighted by molar-refractivity contribution is 5.79. The Hall–Kier alpha value is -1.69. The van der Waals surface area contributed by atoms with Gasteiger partial charge in [-0.15, -0.1) is 0 Å². The number of hydrogen-bond donors (Lipinski definition) is 1. The largest absolute Gasteiger partial charge is 0.355 e. The van der Waals surface area contributed by atoms with Gasteiger partial charge in [0.2, 0.25) is 5.91 Å². The molecule has 5 nitrogen and oxygen atoms in total. The van der Waals surface area contributed by atoms with Crippen molar-refractivity contribution in [3.63, 3.8) is 0 Å². The maximum Gasteiger partial charge on any atom is 0.223 e. The average molecular weight is 336 g/mol. The number of nitrogens with one attached hydrogen (secondary N) is 1. The molecule has 0 aromatic carbocycles. The molecular formula is C18H29FN4O. The lowest BCUT2D eigenvalue weighted by Gasteiger charge is -2.33. The van der Waals surface area contributed by atoms with Crippen molar-refractivity contribution in [1.82, 2.24) is 15.2 Å². The Morgan fingerprint density at radius 1 is 1.42 bits per heavy atom. The third-order valence-corrected chi connectivity index (χ3v) is 4.39. The lowest BCUT2D eigenvalue weighted by Crippen LogP contribution is -2.45. The quantitative estimate of drug-likeness (QED) is 0.865. The lowest BCUT2D eigenvalue weighted by atomic mass is 9.91.